The molecule has 2 heterocycles. The van der Waals surface area contributed by atoms with Crippen molar-refractivity contribution in [3.63, 3.8) is 0 Å². The standard InChI is InChI=1S/C36H41NP2/c1-2-3-28-37(38-33(29-16-8-4-9-17-29)24-25-34(38)30-18-10-5-11-19-30)39-35(31-20-12-6-13-21-31)26-27-36(39)32-22-14-7-15-23-32/h4-23,33-36H,2-3,24-28H2,1H3/t33-,34-,35+,36+. The Labute approximate surface area is 238 Å². The van der Waals surface area contributed by atoms with Crippen LogP contribution in [0.3, 0.4) is 0 Å². The Hall–Kier alpha value is -2.30. The van der Waals surface area contributed by atoms with Crippen LogP contribution in [0.4, 0.5) is 0 Å². The Morgan fingerprint density at radius 2 is 0.769 bits per heavy atom. The molecule has 39 heavy (non-hydrogen) atoms. The smallest absolute Gasteiger partial charge is 0.0183 e. The van der Waals surface area contributed by atoms with Gasteiger partial charge in [0.1, 0.15) is 0 Å². The fourth-order valence-corrected chi connectivity index (χ4v) is 15.8. The molecular weight excluding hydrogens is 508 g/mol. The summed E-state index contributed by atoms with van der Waals surface area (Å²) in [4.78, 5) is 0. The zero-order valence-corrected chi connectivity index (χ0v) is 24.9. The normalized spacial score (nSPS) is 23.9. The van der Waals surface area contributed by atoms with E-state index in [1.165, 1.54) is 45.1 Å². The number of hydrogen-bond donors (Lipinski definition) is 0. The second-order valence-corrected chi connectivity index (χ2v) is 16.4. The van der Waals surface area contributed by atoms with Crippen LogP contribution in [0.25, 0.3) is 0 Å². The minimum Gasteiger partial charge on any atom is -0.258 e. The molecule has 200 valence electrons. The molecule has 0 spiro atoms. The number of benzene rings is 4. The first-order valence-corrected chi connectivity index (χ1v) is 17.8. The lowest BCUT2D eigenvalue weighted by Gasteiger charge is -2.45. The Kier molecular flexibility index (Phi) is 8.91. The lowest BCUT2D eigenvalue weighted by atomic mass is 10.0. The average Bonchev–Trinajstić information content (AvgIpc) is 3.65. The van der Waals surface area contributed by atoms with Crippen LogP contribution in [0.1, 0.15) is 90.3 Å². The van der Waals surface area contributed by atoms with E-state index in [1.54, 1.807) is 22.3 Å². The van der Waals surface area contributed by atoms with Gasteiger partial charge in [-0.2, -0.15) is 0 Å². The van der Waals surface area contributed by atoms with Crippen molar-refractivity contribution in [2.75, 3.05) is 6.54 Å². The van der Waals surface area contributed by atoms with Gasteiger partial charge in [0.2, 0.25) is 0 Å². The zero-order chi connectivity index (χ0) is 26.4. The second kappa shape index (κ2) is 12.9. The van der Waals surface area contributed by atoms with E-state index >= 15 is 0 Å². The Morgan fingerprint density at radius 1 is 0.487 bits per heavy atom. The first-order chi connectivity index (χ1) is 19.3. The van der Waals surface area contributed by atoms with Gasteiger partial charge in [-0.15, -0.1) is 0 Å². The Balaban J connectivity index is 1.48. The molecule has 4 atom stereocenters. The second-order valence-electron chi connectivity index (χ2n) is 11.1. The van der Waals surface area contributed by atoms with E-state index in [1.807, 2.05) is 0 Å². The van der Waals surface area contributed by atoms with E-state index in [0.29, 0.717) is 22.6 Å². The van der Waals surface area contributed by atoms with E-state index in [9.17, 15) is 0 Å². The molecule has 4 aromatic rings. The van der Waals surface area contributed by atoms with Crippen molar-refractivity contribution in [3.05, 3.63) is 144 Å². The van der Waals surface area contributed by atoms with Crippen molar-refractivity contribution in [1.29, 1.82) is 0 Å². The molecule has 2 aliphatic heterocycles. The number of rotatable bonds is 9. The average molecular weight is 550 g/mol. The summed E-state index contributed by atoms with van der Waals surface area (Å²) in [7, 11) is -0.765. The predicted molar refractivity (Wildman–Crippen MR) is 171 cm³/mol. The summed E-state index contributed by atoms with van der Waals surface area (Å²) in [6.07, 6.45) is 7.73. The Bertz CT molecular complexity index is 1090. The highest BCUT2D eigenvalue weighted by atomic mass is 31.2. The third-order valence-electron chi connectivity index (χ3n) is 8.69. The molecule has 0 aliphatic carbocycles. The van der Waals surface area contributed by atoms with E-state index in [-0.39, 0.29) is 16.1 Å². The molecule has 6 rings (SSSR count). The van der Waals surface area contributed by atoms with Crippen LogP contribution < -0.4 is 0 Å². The first kappa shape index (κ1) is 26.9. The van der Waals surface area contributed by atoms with Crippen LogP contribution in [0.5, 0.6) is 0 Å². The quantitative estimate of drug-likeness (QED) is 0.188. The lowest BCUT2D eigenvalue weighted by Crippen LogP contribution is -2.20. The highest BCUT2D eigenvalue weighted by molar-refractivity contribution is 7.71. The third kappa shape index (κ3) is 5.79. The molecule has 0 aromatic heterocycles. The monoisotopic (exact) mass is 549 g/mol. The van der Waals surface area contributed by atoms with Gasteiger partial charge in [0.05, 0.1) is 0 Å². The minimum atomic E-state index is -0.382. The van der Waals surface area contributed by atoms with Gasteiger partial charge in [0.25, 0.3) is 0 Å². The summed E-state index contributed by atoms with van der Waals surface area (Å²) < 4.78 is 3.18. The van der Waals surface area contributed by atoms with Crippen molar-refractivity contribution < 1.29 is 0 Å². The molecular formula is C36H41NP2. The van der Waals surface area contributed by atoms with Gasteiger partial charge >= 0.3 is 0 Å². The van der Waals surface area contributed by atoms with Crippen molar-refractivity contribution in [3.8, 4) is 0 Å². The van der Waals surface area contributed by atoms with Crippen LogP contribution in [-0.2, 0) is 0 Å². The van der Waals surface area contributed by atoms with Gasteiger partial charge in [-0.1, -0.05) is 135 Å². The molecule has 0 amide bonds. The summed E-state index contributed by atoms with van der Waals surface area (Å²) >= 11 is 0. The molecule has 1 nitrogen and oxygen atoms in total. The third-order valence-corrected chi connectivity index (χ3v) is 16.2. The molecule has 2 fully saturated rings. The molecule has 0 bridgehead atoms. The fraction of sp³-hybridized carbons (Fsp3) is 0.333. The predicted octanol–water partition coefficient (Wildman–Crippen LogP) is 11.4. The number of unbranched alkanes of at least 4 members (excludes halogenated alkanes) is 1. The van der Waals surface area contributed by atoms with Crippen LogP contribution in [0.2, 0.25) is 0 Å². The topological polar surface area (TPSA) is 3.24 Å². The Morgan fingerprint density at radius 3 is 1.03 bits per heavy atom. The van der Waals surface area contributed by atoms with Crippen molar-refractivity contribution >= 4 is 16.1 Å². The molecule has 0 N–H and O–H groups in total. The van der Waals surface area contributed by atoms with E-state index in [2.05, 4.69) is 133 Å². The largest absolute Gasteiger partial charge is 0.258 e. The highest BCUT2D eigenvalue weighted by Crippen LogP contribution is 2.83. The summed E-state index contributed by atoms with van der Waals surface area (Å²) in [5.74, 6) is 0. The van der Waals surface area contributed by atoms with E-state index < -0.39 is 0 Å². The fourth-order valence-electron chi connectivity index (χ4n) is 6.87. The molecule has 4 aromatic carbocycles. The van der Waals surface area contributed by atoms with Crippen LogP contribution in [0, 0.1) is 0 Å². The van der Waals surface area contributed by atoms with Gasteiger partial charge in [0.15, 0.2) is 0 Å². The van der Waals surface area contributed by atoms with Crippen LogP contribution in [0.15, 0.2) is 121 Å². The van der Waals surface area contributed by atoms with E-state index in [4.69, 9.17) is 0 Å². The maximum atomic E-state index is 3.18. The highest BCUT2D eigenvalue weighted by Gasteiger charge is 2.49. The maximum Gasteiger partial charge on any atom is 0.0183 e. The maximum absolute atomic E-state index is 3.18. The first-order valence-electron chi connectivity index (χ1n) is 14.9. The van der Waals surface area contributed by atoms with Crippen LogP contribution in [-0.4, -0.2) is 11.0 Å². The molecule has 0 saturated carbocycles. The lowest BCUT2D eigenvalue weighted by molar-refractivity contribution is 0.618. The molecule has 0 radical (unpaired) electrons. The summed E-state index contributed by atoms with van der Waals surface area (Å²) in [6, 6.07) is 46.1. The van der Waals surface area contributed by atoms with Crippen molar-refractivity contribution in [1.82, 2.24) is 4.44 Å². The van der Waals surface area contributed by atoms with Gasteiger partial charge in [-0.3, -0.25) is 4.44 Å². The summed E-state index contributed by atoms with van der Waals surface area (Å²) in [5, 5.41) is 0. The molecule has 2 aliphatic rings. The minimum absolute atomic E-state index is 0.382. The molecule has 0 unspecified atom stereocenters. The van der Waals surface area contributed by atoms with Gasteiger partial charge in [-0.05, 0) is 70.5 Å². The SMILES string of the molecule is CCCCN(P1[C@@H](c2ccccc2)CC[C@@H]1c1ccccc1)P1[C@H](c2ccccc2)CC[C@H]1c1ccccc1. The van der Waals surface area contributed by atoms with Crippen LogP contribution >= 0.6 is 16.1 Å². The van der Waals surface area contributed by atoms with Crippen molar-refractivity contribution in [2.24, 2.45) is 0 Å². The van der Waals surface area contributed by atoms with E-state index in [0.717, 1.165) is 0 Å². The number of hydrogen-bond acceptors (Lipinski definition) is 1. The zero-order valence-electron chi connectivity index (χ0n) is 23.1. The van der Waals surface area contributed by atoms with Gasteiger partial charge in [0, 0.05) is 29.2 Å². The summed E-state index contributed by atoms with van der Waals surface area (Å²) in [6.45, 7) is 3.60. The molecule has 3 heteroatoms. The van der Waals surface area contributed by atoms with Crippen molar-refractivity contribution in [2.45, 2.75) is 68.1 Å². The summed E-state index contributed by atoms with van der Waals surface area (Å²) in [5.41, 5.74) is 8.79. The van der Waals surface area contributed by atoms with Gasteiger partial charge in [-0.25, -0.2) is 0 Å². The van der Waals surface area contributed by atoms with Gasteiger partial charge < -0.3 is 0 Å². The molecule has 2 saturated heterocycles. The number of nitrogens with zero attached hydrogens (tertiary/aromatic N) is 1.